The number of nitrogens with one attached hydrogen (secondary N) is 1. The maximum atomic E-state index is 13.2. The van der Waals surface area contributed by atoms with E-state index in [-0.39, 0.29) is 17.9 Å². The van der Waals surface area contributed by atoms with Gasteiger partial charge in [0.2, 0.25) is 11.8 Å². The van der Waals surface area contributed by atoms with Gasteiger partial charge in [0, 0.05) is 31.6 Å². The van der Waals surface area contributed by atoms with E-state index in [1.165, 1.54) is 0 Å². The van der Waals surface area contributed by atoms with Crippen LogP contribution in [0.15, 0.2) is 0 Å². The largest absolute Gasteiger partial charge is 0.334 e. The predicted octanol–water partition coefficient (Wildman–Crippen LogP) is 1.52. The third kappa shape index (κ3) is 3.00. The van der Waals surface area contributed by atoms with E-state index in [0.717, 1.165) is 64.6 Å². The molecule has 3 atom stereocenters. The van der Waals surface area contributed by atoms with Gasteiger partial charge in [0.05, 0.1) is 0 Å². The van der Waals surface area contributed by atoms with Gasteiger partial charge in [-0.25, -0.2) is 0 Å². The molecule has 0 spiro atoms. The van der Waals surface area contributed by atoms with Gasteiger partial charge < -0.3 is 15.1 Å². The normalized spacial score (nSPS) is 32.0. The summed E-state index contributed by atoms with van der Waals surface area (Å²) in [5.74, 6) is 0.390. The van der Waals surface area contributed by atoms with Gasteiger partial charge >= 0.3 is 0 Å². The first kappa shape index (κ1) is 15.8. The lowest BCUT2D eigenvalue weighted by Crippen LogP contribution is -2.56. The Labute approximate surface area is 133 Å². The summed E-state index contributed by atoms with van der Waals surface area (Å²) in [5, 5.41) is 3.45. The van der Waals surface area contributed by atoms with E-state index < -0.39 is 0 Å². The Hall–Kier alpha value is -1.10. The maximum absolute atomic E-state index is 13.2. The minimum Gasteiger partial charge on any atom is -0.334 e. The smallest absolute Gasteiger partial charge is 0.245 e. The third-order valence-corrected chi connectivity index (χ3v) is 5.48. The topological polar surface area (TPSA) is 52.7 Å². The van der Waals surface area contributed by atoms with Crippen molar-refractivity contribution in [1.82, 2.24) is 15.1 Å². The zero-order chi connectivity index (χ0) is 15.5. The highest BCUT2D eigenvalue weighted by atomic mass is 16.2. The number of nitrogens with zero attached hydrogens (tertiary/aromatic N) is 2. The fraction of sp³-hybridized carbons (Fsp3) is 0.882. The third-order valence-electron chi connectivity index (χ3n) is 5.48. The number of amides is 2. The molecule has 0 saturated carbocycles. The number of hydrogen-bond donors (Lipinski definition) is 1. The standard InChI is InChI=1S/C17H29N3O2/c1-2-5-16(21)19-11-4-3-6-15(19)17(22)20-13-7-8-14(20)12-18-10-9-13/h13-15,18H,2-12H2,1H3. The van der Waals surface area contributed by atoms with Crippen LogP contribution in [0, 0.1) is 0 Å². The van der Waals surface area contributed by atoms with Crippen molar-refractivity contribution in [2.45, 2.75) is 76.4 Å². The summed E-state index contributed by atoms with van der Waals surface area (Å²) in [6.45, 7) is 4.71. The number of carbonyl (C=O) groups is 2. The van der Waals surface area contributed by atoms with Crippen LogP contribution in [0.1, 0.15) is 58.3 Å². The number of carbonyl (C=O) groups excluding carboxylic acids is 2. The van der Waals surface area contributed by atoms with Crippen LogP contribution in [0.5, 0.6) is 0 Å². The van der Waals surface area contributed by atoms with Crippen LogP contribution in [0.4, 0.5) is 0 Å². The van der Waals surface area contributed by atoms with Crippen LogP contribution in [-0.4, -0.2) is 59.4 Å². The number of fused-ring (bicyclic) bond motifs is 2. The molecule has 3 unspecified atom stereocenters. The number of hydrogen-bond acceptors (Lipinski definition) is 3. The summed E-state index contributed by atoms with van der Waals surface area (Å²) in [4.78, 5) is 29.6. The Morgan fingerprint density at radius 1 is 1.09 bits per heavy atom. The van der Waals surface area contributed by atoms with Crippen LogP contribution in [0.2, 0.25) is 0 Å². The average molecular weight is 307 g/mol. The Bertz CT molecular complexity index is 412. The average Bonchev–Trinajstić information content (AvgIpc) is 2.80. The molecule has 3 rings (SSSR count). The Kier molecular flexibility index (Phi) is 5.01. The monoisotopic (exact) mass is 307 g/mol. The lowest BCUT2D eigenvalue weighted by Gasteiger charge is -2.39. The molecule has 0 aromatic rings. The lowest BCUT2D eigenvalue weighted by molar-refractivity contribution is -0.149. The molecule has 5 heteroatoms. The van der Waals surface area contributed by atoms with E-state index in [1.807, 2.05) is 11.8 Å². The van der Waals surface area contributed by atoms with Gasteiger partial charge in [-0.15, -0.1) is 0 Å². The van der Waals surface area contributed by atoms with Gasteiger partial charge in [-0.2, -0.15) is 0 Å². The first-order chi connectivity index (χ1) is 10.7. The summed E-state index contributed by atoms with van der Waals surface area (Å²) >= 11 is 0. The van der Waals surface area contributed by atoms with E-state index >= 15 is 0 Å². The molecule has 3 fully saturated rings. The van der Waals surface area contributed by atoms with E-state index in [1.54, 1.807) is 0 Å². The van der Waals surface area contributed by atoms with Crippen molar-refractivity contribution >= 4 is 11.8 Å². The first-order valence-electron chi connectivity index (χ1n) is 9.04. The van der Waals surface area contributed by atoms with Crippen LogP contribution in [0.3, 0.4) is 0 Å². The second kappa shape index (κ2) is 6.99. The quantitative estimate of drug-likeness (QED) is 0.860. The molecule has 0 radical (unpaired) electrons. The van der Waals surface area contributed by atoms with E-state index in [9.17, 15) is 9.59 Å². The Morgan fingerprint density at radius 3 is 2.73 bits per heavy atom. The highest BCUT2D eigenvalue weighted by Crippen LogP contribution is 2.31. The van der Waals surface area contributed by atoms with Crippen molar-refractivity contribution in [2.75, 3.05) is 19.6 Å². The number of piperidine rings is 1. The molecule has 3 aliphatic rings. The molecule has 3 aliphatic heterocycles. The van der Waals surface area contributed by atoms with Crippen LogP contribution in [0.25, 0.3) is 0 Å². The summed E-state index contributed by atoms with van der Waals surface area (Å²) in [7, 11) is 0. The van der Waals surface area contributed by atoms with Crippen molar-refractivity contribution in [3.8, 4) is 0 Å². The van der Waals surface area contributed by atoms with Crippen molar-refractivity contribution in [3.05, 3.63) is 0 Å². The lowest BCUT2D eigenvalue weighted by atomic mass is 9.99. The molecule has 3 heterocycles. The highest BCUT2D eigenvalue weighted by Gasteiger charge is 2.43. The summed E-state index contributed by atoms with van der Waals surface area (Å²) in [5.41, 5.74) is 0. The first-order valence-corrected chi connectivity index (χ1v) is 9.04. The van der Waals surface area contributed by atoms with Crippen molar-refractivity contribution in [1.29, 1.82) is 0 Å². The molecule has 0 aliphatic carbocycles. The fourth-order valence-electron chi connectivity index (χ4n) is 4.36. The Morgan fingerprint density at radius 2 is 1.91 bits per heavy atom. The van der Waals surface area contributed by atoms with Gasteiger partial charge in [-0.05, 0) is 51.5 Å². The molecule has 5 nitrogen and oxygen atoms in total. The molecule has 3 saturated heterocycles. The molecular formula is C17H29N3O2. The molecule has 0 aromatic carbocycles. The molecule has 124 valence electrons. The molecule has 2 bridgehead atoms. The van der Waals surface area contributed by atoms with Crippen LogP contribution < -0.4 is 5.32 Å². The molecule has 22 heavy (non-hydrogen) atoms. The van der Waals surface area contributed by atoms with Gasteiger partial charge in [0.1, 0.15) is 6.04 Å². The highest BCUT2D eigenvalue weighted by molar-refractivity contribution is 5.88. The second-order valence-corrected chi connectivity index (χ2v) is 6.97. The zero-order valence-corrected chi connectivity index (χ0v) is 13.7. The van der Waals surface area contributed by atoms with Crippen LogP contribution >= 0.6 is 0 Å². The van der Waals surface area contributed by atoms with Crippen molar-refractivity contribution in [2.24, 2.45) is 0 Å². The maximum Gasteiger partial charge on any atom is 0.245 e. The molecule has 1 N–H and O–H groups in total. The van der Waals surface area contributed by atoms with Gasteiger partial charge in [0.15, 0.2) is 0 Å². The van der Waals surface area contributed by atoms with Crippen molar-refractivity contribution in [3.63, 3.8) is 0 Å². The molecule has 2 amide bonds. The molecule has 0 aromatic heterocycles. The second-order valence-electron chi connectivity index (χ2n) is 6.97. The number of rotatable bonds is 3. The molecular weight excluding hydrogens is 278 g/mol. The number of likely N-dealkylation sites (tertiary alicyclic amines) is 1. The minimum atomic E-state index is -0.200. The summed E-state index contributed by atoms with van der Waals surface area (Å²) in [6, 6.07) is 0.525. The zero-order valence-electron chi connectivity index (χ0n) is 13.7. The summed E-state index contributed by atoms with van der Waals surface area (Å²) < 4.78 is 0. The fourth-order valence-corrected chi connectivity index (χ4v) is 4.36. The van der Waals surface area contributed by atoms with Crippen LogP contribution in [-0.2, 0) is 9.59 Å². The summed E-state index contributed by atoms with van der Waals surface area (Å²) in [6.07, 6.45) is 7.66. The van der Waals surface area contributed by atoms with Gasteiger partial charge in [0.25, 0.3) is 0 Å². The van der Waals surface area contributed by atoms with Crippen molar-refractivity contribution < 1.29 is 9.59 Å². The van der Waals surface area contributed by atoms with Gasteiger partial charge in [-0.1, -0.05) is 6.92 Å². The minimum absolute atomic E-state index is 0.167. The van der Waals surface area contributed by atoms with Gasteiger partial charge in [-0.3, -0.25) is 9.59 Å². The predicted molar refractivity (Wildman–Crippen MR) is 85.4 cm³/mol. The van der Waals surface area contributed by atoms with E-state index in [2.05, 4.69) is 10.2 Å². The SMILES string of the molecule is CCCC(=O)N1CCCCC1C(=O)N1C2CCNCC1CC2. The van der Waals surface area contributed by atoms with E-state index in [4.69, 9.17) is 0 Å². The Balaban J connectivity index is 1.75. The van der Waals surface area contributed by atoms with E-state index in [0.29, 0.717) is 18.5 Å².